The van der Waals surface area contributed by atoms with Crippen LogP contribution in [0.2, 0.25) is 0 Å². The van der Waals surface area contributed by atoms with Crippen LogP contribution in [0.4, 0.5) is 0 Å². The number of fused-ring (bicyclic) bond motifs is 4. The van der Waals surface area contributed by atoms with Gasteiger partial charge in [-0.1, -0.05) is 0 Å². The van der Waals surface area contributed by atoms with Crippen molar-refractivity contribution in [2.75, 3.05) is 0 Å². The van der Waals surface area contributed by atoms with Gasteiger partial charge in [0.2, 0.25) is 0 Å². The van der Waals surface area contributed by atoms with Crippen LogP contribution < -0.4 is 25.7 Å². The molecule has 0 amide bonds. The molecule has 0 unspecified atom stereocenters. The molecule has 48 heavy (non-hydrogen) atoms. The molecule has 9 rings (SSSR count). The van der Waals surface area contributed by atoms with Crippen LogP contribution in [-0.4, -0.2) is 0 Å². The van der Waals surface area contributed by atoms with E-state index in [0.29, 0.717) is 0 Å². The predicted molar refractivity (Wildman–Crippen MR) is 208 cm³/mol. The van der Waals surface area contributed by atoms with Gasteiger partial charge in [-0.25, -0.2) is 0 Å². The minimum absolute atomic E-state index is 0.830. The summed E-state index contributed by atoms with van der Waals surface area (Å²) < 4.78 is 8.30. The summed E-state index contributed by atoms with van der Waals surface area (Å²) in [5.74, 6) is 0.830. The predicted octanol–water partition coefficient (Wildman–Crippen LogP) is 10.4. The molecule has 0 saturated heterocycles. The molecule has 0 heterocycles. The summed E-state index contributed by atoms with van der Waals surface area (Å²) in [5, 5.41) is 14.2. The molecule has 0 N–H and O–H groups in total. The quantitative estimate of drug-likeness (QED) is 0.166. The van der Waals surface area contributed by atoms with Crippen molar-refractivity contribution in [2.24, 2.45) is 0 Å². The third-order valence-electron chi connectivity index (χ3n) is 9.94. The summed E-state index contributed by atoms with van der Waals surface area (Å²) in [6.45, 7) is -4.31. The summed E-state index contributed by atoms with van der Waals surface area (Å²) in [6, 6.07) is 72.8. The van der Waals surface area contributed by atoms with Crippen LogP contribution in [0, 0.1) is 0 Å². The second kappa shape index (κ2) is 11.2. The fraction of sp³-hybridized carbons (Fsp3) is 0. The van der Waals surface area contributed by atoms with Crippen LogP contribution in [0.5, 0.6) is 5.75 Å². The molecule has 1 nitrogen and oxygen atoms in total. The van der Waals surface area contributed by atoms with Gasteiger partial charge in [0.05, 0.1) is 0 Å². The zero-order valence-electron chi connectivity index (χ0n) is 26.4. The van der Waals surface area contributed by atoms with E-state index < -0.39 is 6.83 Å². The van der Waals surface area contributed by atoms with Crippen molar-refractivity contribution in [3.8, 4) is 5.75 Å². The average molecular weight is 633 g/mol. The van der Waals surface area contributed by atoms with E-state index in [9.17, 15) is 0 Å². The van der Waals surface area contributed by atoms with Gasteiger partial charge in [0, 0.05) is 0 Å². The first-order valence-corrected chi connectivity index (χ1v) is 18.6. The van der Waals surface area contributed by atoms with Crippen molar-refractivity contribution in [1.82, 2.24) is 0 Å². The van der Waals surface area contributed by atoms with Crippen molar-refractivity contribution in [1.29, 1.82) is 0 Å². The first kappa shape index (κ1) is 28.5. The SMILES string of the molecule is c1ccc(OP(c2cccc3ccccc23)(c2cccc3ccccc23)(c2cccc3ccccc23)c2cccc3ccccc23)cc1. The molecule has 0 atom stereocenters. The van der Waals surface area contributed by atoms with Crippen molar-refractivity contribution in [3.63, 3.8) is 0 Å². The van der Waals surface area contributed by atoms with Gasteiger partial charge in [0.15, 0.2) is 0 Å². The van der Waals surface area contributed by atoms with E-state index in [2.05, 4.69) is 200 Å². The Morgan fingerprint density at radius 3 is 0.854 bits per heavy atom. The van der Waals surface area contributed by atoms with Crippen molar-refractivity contribution < 1.29 is 4.52 Å². The molecule has 0 fully saturated rings. The third kappa shape index (κ3) is 4.02. The van der Waals surface area contributed by atoms with E-state index in [1.165, 1.54) is 64.3 Å². The van der Waals surface area contributed by atoms with Crippen LogP contribution >= 0.6 is 6.83 Å². The maximum atomic E-state index is 8.30. The Morgan fingerprint density at radius 2 is 0.521 bits per heavy atom. The molecule has 9 aromatic rings. The molecule has 0 bridgehead atoms. The number of para-hydroxylation sites is 1. The second-order valence-electron chi connectivity index (χ2n) is 12.4. The summed E-state index contributed by atoms with van der Waals surface area (Å²) in [5.41, 5.74) is 0. The van der Waals surface area contributed by atoms with E-state index in [0.717, 1.165) is 5.75 Å². The maximum absolute atomic E-state index is 8.30. The molecular weight excluding hydrogens is 599 g/mol. The summed E-state index contributed by atoms with van der Waals surface area (Å²) >= 11 is 0. The molecule has 0 spiro atoms. The Bertz CT molecular complexity index is 2270. The molecule has 0 radical (unpaired) electrons. The molecule has 0 aromatic heterocycles. The molecule has 228 valence electrons. The Hall–Kier alpha value is -5.75. The fourth-order valence-electron chi connectivity index (χ4n) is 7.99. The first-order valence-electron chi connectivity index (χ1n) is 16.5. The summed E-state index contributed by atoms with van der Waals surface area (Å²) in [6.07, 6.45) is 0. The first-order chi connectivity index (χ1) is 23.8. The molecule has 9 aromatic carbocycles. The minimum atomic E-state index is -4.31. The number of hydrogen-bond acceptors (Lipinski definition) is 1. The summed E-state index contributed by atoms with van der Waals surface area (Å²) in [7, 11) is 0. The van der Waals surface area contributed by atoms with Crippen LogP contribution in [0.3, 0.4) is 0 Å². The van der Waals surface area contributed by atoms with Gasteiger partial charge < -0.3 is 0 Å². The van der Waals surface area contributed by atoms with Gasteiger partial charge in [-0.3, -0.25) is 0 Å². The summed E-state index contributed by atoms with van der Waals surface area (Å²) in [4.78, 5) is 0. The third-order valence-corrected chi connectivity index (χ3v) is 15.7. The Balaban J connectivity index is 1.69. The second-order valence-corrected chi connectivity index (χ2v) is 16.6. The zero-order valence-corrected chi connectivity index (χ0v) is 27.3. The Kier molecular flexibility index (Phi) is 6.64. The molecule has 0 aliphatic heterocycles. The Labute approximate surface area is 280 Å². The van der Waals surface area contributed by atoms with Crippen molar-refractivity contribution >= 4 is 71.1 Å². The average Bonchev–Trinajstić information content (AvgIpc) is 3.17. The number of benzene rings is 9. The van der Waals surface area contributed by atoms with E-state index in [-0.39, 0.29) is 0 Å². The van der Waals surface area contributed by atoms with Gasteiger partial charge in [-0.05, 0) is 0 Å². The van der Waals surface area contributed by atoms with Crippen LogP contribution in [0.1, 0.15) is 0 Å². The monoisotopic (exact) mass is 632 g/mol. The standard InChI is InChI=1S/C46H33OP/c1-2-24-38(25-3-1)47-48(43-30-12-20-34-16-4-8-26-39(34)43,44-31-13-21-35-17-5-9-27-40(35)44,45-32-14-22-36-18-6-10-28-41(36)45)46-33-15-23-37-19-7-11-29-42(37)46/h1-33H. The number of hydrogen-bond donors (Lipinski definition) is 0. The van der Waals surface area contributed by atoms with Crippen LogP contribution in [-0.2, 0) is 0 Å². The van der Waals surface area contributed by atoms with Crippen LogP contribution in [0.15, 0.2) is 200 Å². The van der Waals surface area contributed by atoms with Gasteiger partial charge >= 0.3 is 282 Å². The molecular formula is C46H33OP. The van der Waals surface area contributed by atoms with Gasteiger partial charge in [0.1, 0.15) is 0 Å². The Morgan fingerprint density at radius 1 is 0.250 bits per heavy atom. The molecule has 2 heteroatoms. The van der Waals surface area contributed by atoms with E-state index in [1.807, 2.05) is 0 Å². The van der Waals surface area contributed by atoms with Crippen LogP contribution in [0.25, 0.3) is 43.1 Å². The van der Waals surface area contributed by atoms with Gasteiger partial charge in [-0.2, -0.15) is 0 Å². The normalized spacial score (nSPS) is 12.6. The van der Waals surface area contributed by atoms with E-state index >= 15 is 0 Å². The van der Waals surface area contributed by atoms with Gasteiger partial charge in [-0.15, -0.1) is 0 Å². The topological polar surface area (TPSA) is 9.23 Å². The zero-order chi connectivity index (χ0) is 32.0. The van der Waals surface area contributed by atoms with E-state index in [4.69, 9.17) is 4.52 Å². The van der Waals surface area contributed by atoms with Crippen molar-refractivity contribution in [2.45, 2.75) is 0 Å². The van der Waals surface area contributed by atoms with Crippen molar-refractivity contribution in [3.05, 3.63) is 200 Å². The molecule has 0 saturated carbocycles. The van der Waals surface area contributed by atoms with Gasteiger partial charge in [0.25, 0.3) is 0 Å². The van der Waals surface area contributed by atoms with E-state index in [1.54, 1.807) is 0 Å². The molecule has 0 aliphatic rings. The number of rotatable bonds is 6. The molecule has 0 aliphatic carbocycles. The fourth-order valence-corrected chi connectivity index (χ4v) is 14.6.